The van der Waals surface area contributed by atoms with Gasteiger partial charge in [0.2, 0.25) is 0 Å². The van der Waals surface area contributed by atoms with E-state index in [-0.39, 0.29) is 27.7 Å². The minimum atomic E-state index is -0.980. The summed E-state index contributed by atoms with van der Waals surface area (Å²) < 4.78 is 4.46. The van der Waals surface area contributed by atoms with Crippen molar-refractivity contribution in [3.05, 3.63) is 37.9 Å². The van der Waals surface area contributed by atoms with Gasteiger partial charge in [0, 0.05) is 17.5 Å². The Bertz CT molecular complexity index is 493. The number of nitro benzene ring substituents is 1. The van der Waals surface area contributed by atoms with E-state index in [9.17, 15) is 14.9 Å². The Labute approximate surface area is 113 Å². The number of benzene rings is 1. The van der Waals surface area contributed by atoms with E-state index in [0.29, 0.717) is 0 Å². The number of hydrogen-bond donors (Lipinski definition) is 1. The first-order valence-corrected chi connectivity index (χ1v) is 5.58. The maximum atomic E-state index is 11.2. The summed E-state index contributed by atoms with van der Waals surface area (Å²) in [6.45, 7) is 0. The summed E-state index contributed by atoms with van der Waals surface area (Å²) in [4.78, 5) is 21.3. The zero-order valence-electron chi connectivity index (χ0n) is 9.35. The number of nitrogens with zero attached hydrogens (tertiary/aromatic N) is 1. The minimum Gasteiger partial charge on any atom is -0.468 e. The molecule has 0 radical (unpaired) electrons. The number of rotatable bonds is 4. The van der Waals surface area contributed by atoms with Gasteiger partial charge >= 0.3 is 5.97 Å². The maximum absolute atomic E-state index is 11.2. The van der Waals surface area contributed by atoms with Crippen LogP contribution in [0.2, 0.25) is 10.0 Å². The van der Waals surface area contributed by atoms with Crippen LogP contribution in [0.15, 0.2) is 12.1 Å². The summed E-state index contributed by atoms with van der Waals surface area (Å²) in [6, 6.07) is 1.55. The summed E-state index contributed by atoms with van der Waals surface area (Å²) in [7, 11) is 1.19. The minimum absolute atomic E-state index is 0.0357. The Morgan fingerprint density at radius 3 is 2.67 bits per heavy atom. The smallest absolute Gasteiger partial charge is 0.322 e. The number of esters is 1. The van der Waals surface area contributed by atoms with Gasteiger partial charge in [-0.15, -0.1) is 0 Å². The van der Waals surface area contributed by atoms with Gasteiger partial charge in [0.05, 0.1) is 12.0 Å². The van der Waals surface area contributed by atoms with Crippen molar-refractivity contribution in [2.24, 2.45) is 5.73 Å². The molecule has 0 bridgehead atoms. The molecule has 8 heteroatoms. The van der Waals surface area contributed by atoms with Crippen molar-refractivity contribution < 1.29 is 14.5 Å². The van der Waals surface area contributed by atoms with Crippen molar-refractivity contribution in [3.8, 4) is 0 Å². The fraction of sp³-hybridized carbons (Fsp3) is 0.300. The van der Waals surface area contributed by atoms with E-state index < -0.39 is 16.9 Å². The highest BCUT2D eigenvalue weighted by Gasteiger charge is 2.23. The molecule has 2 N–H and O–H groups in total. The third kappa shape index (κ3) is 3.10. The number of hydrogen-bond acceptors (Lipinski definition) is 5. The molecule has 0 fully saturated rings. The Morgan fingerprint density at radius 2 is 2.17 bits per heavy atom. The second kappa shape index (κ2) is 5.99. The van der Waals surface area contributed by atoms with Crippen LogP contribution in [0, 0.1) is 10.1 Å². The average molecular weight is 293 g/mol. The van der Waals surface area contributed by atoms with Gasteiger partial charge in [0.1, 0.15) is 11.1 Å². The molecule has 1 unspecified atom stereocenters. The van der Waals surface area contributed by atoms with Crippen molar-refractivity contribution in [3.63, 3.8) is 0 Å². The lowest BCUT2D eigenvalue weighted by Crippen LogP contribution is -2.33. The fourth-order valence-electron chi connectivity index (χ4n) is 1.37. The highest BCUT2D eigenvalue weighted by molar-refractivity contribution is 6.37. The molecular formula is C10H10Cl2N2O4. The summed E-state index contributed by atoms with van der Waals surface area (Å²) in [5.41, 5.74) is 5.53. The van der Waals surface area contributed by atoms with Crippen LogP contribution in [0.4, 0.5) is 5.69 Å². The summed E-state index contributed by atoms with van der Waals surface area (Å²) in [5, 5.41) is 10.8. The molecule has 0 aromatic heterocycles. The van der Waals surface area contributed by atoms with E-state index in [4.69, 9.17) is 28.9 Å². The molecule has 0 aliphatic heterocycles. The van der Waals surface area contributed by atoms with E-state index in [1.807, 2.05) is 0 Å². The zero-order chi connectivity index (χ0) is 13.9. The standard InChI is InChI=1S/C10H10Cl2N2O4/c1-18-10(15)7(13)4-5-6(11)2-3-8(9(5)12)14(16)17/h2-3,7H,4,13H2,1H3. The predicted molar refractivity (Wildman–Crippen MR) is 66.8 cm³/mol. The van der Waals surface area contributed by atoms with Gasteiger partial charge in [-0.25, -0.2) is 0 Å². The Morgan fingerprint density at radius 1 is 1.56 bits per heavy atom. The predicted octanol–water partition coefficient (Wildman–Crippen LogP) is 1.94. The SMILES string of the molecule is COC(=O)C(N)Cc1c(Cl)ccc([N+](=O)[O-])c1Cl. The number of methoxy groups -OCH3 is 1. The van der Waals surface area contributed by atoms with Crippen molar-refractivity contribution in [1.29, 1.82) is 0 Å². The molecule has 98 valence electrons. The van der Waals surface area contributed by atoms with Gasteiger partial charge in [-0.1, -0.05) is 23.2 Å². The lowest BCUT2D eigenvalue weighted by molar-refractivity contribution is -0.384. The first-order chi connectivity index (χ1) is 8.38. The third-order valence-corrected chi connectivity index (χ3v) is 3.07. The van der Waals surface area contributed by atoms with Crippen molar-refractivity contribution in [1.82, 2.24) is 0 Å². The van der Waals surface area contributed by atoms with Gasteiger partial charge in [0.25, 0.3) is 5.69 Å². The van der Waals surface area contributed by atoms with Crippen LogP contribution in [0.25, 0.3) is 0 Å². The number of carbonyl (C=O) groups excluding carboxylic acids is 1. The number of halogens is 2. The van der Waals surface area contributed by atoms with Gasteiger partial charge in [-0.3, -0.25) is 14.9 Å². The maximum Gasteiger partial charge on any atom is 0.322 e. The molecule has 6 nitrogen and oxygen atoms in total. The molecule has 0 saturated heterocycles. The van der Waals surface area contributed by atoms with Crippen LogP contribution in [0.1, 0.15) is 5.56 Å². The Balaban J connectivity index is 3.12. The van der Waals surface area contributed by atoms with Crippen LogP contribution in [-0.4, -0.2) is 24.0 Å². The van der Waals surface area contributed by atoms with Crippen LogP contribution >= 0.6 is 23.2 Å². The van der Waals surface area contributed by atoms with Crippen molar-refractivity contribution in [2.45, 2.75) is 12.5 Å². The third-order valence-electron chi connectivity index (χ3n) is 2.29. The highest BCUT2D eigenvalue weighted by Crippen LogP contribution is 2.33. The lowest BCUT2D eigenvalue weighted by atomic mass is 10.1. The first-order valence-electron chi connectivity index (χ1n) is 4.83. The van der Waals surface area contributed by atoms with Crippen LogP contribution in [-0.2, 0) is 16.0 Å². The second-order valence-electron chi connectivity index (χ2n) is 3.45. The quantitative estimate of drug-likeness (QED) is 0.520. The van der Waals surface area contributed by atoms with E-state index in [0.717, 1.165) is 0 Å². The van der Waals surface area contributed by atoms with E-state index >= 15 is 0 Å². The van der Waals surface area contributed by atoms with Crippen LogP contribution in [0.5, 0.6) is 0 Å². The summed E-state index contributed by atoms with van der Waals surface area (Å²) in [6.07, 6.45) is -0.0357. The number of carbonyl (C=O) groups is 1. The first kappa shape index (κ1) is 14.7. The fourth-order valence-corrected chi connectivity index (χ4v) is 1.96. The topological polar surface area (TPSA) is 95.5 Å². The molecule has 0 spiro atoms. The Hall–Kier alpha value is -1.37. The van der Waals surface area contributed by atoms with Crippen molar-refractivity contribution in [2.75, 3.05) is 7.11 Å². The molecule has 18 heavy (non-hydrogen) atoms. The zero-order valence-corrected chi connectivity index (χ0v) is 10.9. The molecule has 0 saturated carbocycles. The highest BCUT2D eigenvalue weighted by atomic mass is 35.5. The molecule has 0 heterocycles. The van der Waals surface area contributed by atoms with E-state index in [1.54, 1.807) is 0 Å². The molecule has 1 rings (SSSR count). The molecule has 1 atom stereocenters. The molecule has 1 aromatic carbocycles. The van der Waals surface area contributed by atoms with Crippen molar-refractivity contribution >= 4 is 34.9 Å². The average Bonchev–Trinajstić information content (AvgIpc) is 2.32. The summed E-state index contributed by atoms with van der Waals surface area (Å²) in [5.74, 6) is -0.645. The van der Waals surface area contributed by atoms with Gasteiger partial charge < -0.3 is 10.5 Å². The largest absolute Gasteiger partial charge is 0.468 e. The molecule has 0 aliphatic rings. The second-order valence-corrected chi connectivity index (χ2v) is 4.24. The van der Waals surface area contributed by atoms with Gasteiger partial charge in [0.15, 0.2) is 0 Å². The number of nitro groups is 1. The van der Waals surface area contributed by atoms with E-state index in [1.165, 1.54) is 19.2 Å². The normalized spacial score (nSPS) is 12.0. The van der Waals surface area contributed by atoms with Crippen LogP contribution < -0.4 is 5.73 Å². The molecule has 0 aliphatic carbocycles. The Kier molecular flexibility index (Phi) is 4.89. The summed E-state index contributed by atoms with van der Waals surface area (Å²) >= 11 is 11.8. The van der Waals surface area contributed by atoms with Crippen LogP contribution in [0.3, 0.4) is 0 Å². The molecule has 0 amide bonds. The molecule has 1 aromatic rings. The molecular weight excluding hydrogens is 283 g/mol. The van der Waals surface area contributed by atoms with Gasteiger partial charge in [-0.2, -0.15) is 0 Å². The lowest BCUT2D eigenvalue weighted by Gasteiger charge is -2.11. The number of nitrogens with two attached hydrogens (primary N) is 1. The van der Waals surface area contributed by atoms with E-state index in [2.05, 4.69) is 4.74 Å². The van der Waals surface area contributed by atoms with Gasteiger partial charge in [-0.05, 0) is 11.6 Å². The number of ether oxygens (including phenoxy) is 1. The monoisotopic (exact) mass is 292 g/mol.